The summed E-state index contributed by atoms with van der Waals surface area (Å²) in [5.41, 5.74) is 2.86. The van der Waals surface area contributed by atoms with Gasteiger partial charge in [0.25, 0.3) is 0 Å². The molecule has 2 aliphatic rings. The molecule has 1 aromatic heterocycles. The maximum absolute atomic E-state index is 13.1. The maximum Gasteiger partial charge on any atom is 0.228 e. The van der Waals surface area contributed by atoms with Crippen molar-refractivity contribution in [1.82, 2.24) is 14.9 Å². The van der Waals surface area contributed by atoms with Gasteiger partial charge in [-0.25, -0.2) is 14.4 Å². The average Bonchev–Trinajstić information content (AvgIpc) is 2.77. The third-order valence-corrected chi connectivity index (χ3v) is 6.38. The Hall–Kier alpha value is -2.83. The van der Waals surface area contributed by atoms with Gasteiger partial charge in [-0.1, -0.05) is 26.0 Å². The van der Waals surface area contributed by atoms with Crippen molar-refractivity contribution in [1.29, 1.82) is 0 Å². The fourth-order valence-corrected chi connectivity index (χ4v) is 4.61. The van der Waals surface area contributed by atoms with Gasteiger partial charge in [0.15, 0.2) is 0 Å². The molecule has 0 bridgehead atoms. The Morgan fingerprint density at radius 3 is 2.47 bits per heavy atom. The van der Waals surface area contributed by atoms with Gasteiger partial charge in [-0.15, -0.1) is 0 Å². The quantitative estimate of drug-likeness (QED) is 0.712. The number of piperidine rings is 1. The van der Waals surface area contributed by atoms with Crippen molar-refractivity contribution < 1.29 is 14.0 Å². The van der Waals surface area contributed by atoms with E-state index in [-0.39, 0.29) is 30.0 Å². The lowest BCUT2D eigenvalue weighted by Gasteiger charge is -2.34. The number of aromatic nitrogens is 2. The van der Waals surface area contributed by atoms with E-state index in [1.54, 1.807) is 12.1 Å². The second kappa shape index (κ2) is 9.35. The minimum Gasteiger partial charge on any atom is -0.342 e. The summed E-state index contributed by atoms with van der Waals surface area (Å²) in [6.07, 6.45) is 3.09. The van der Waals surface area contributed by atoms with Crippen LogP contribution < -0.4 is 4.90 Å². The van der Waals surface area contributed by atoms with Crippen LogP contribution in [0.1, 0.15) is 61.7 Å². The molecule has 0 unspecified atom stereocenters. The van der Waals surface area contributed by atoms with Crippen LogP contribution in [-0.2, 0) is 22.4 Å². The highest BCUT2D eigenvalue weighted by Gasteiger charge is 2.31. The van der Waals surface area contributed by atoms with Gasteiger partial charge in [0, 0.05) is 43.2 Å². The number of rotatable bonds is 5. The number of nitrogens with zero attached hydrogens (tertiary/aromatic N) is 4. The van der Waals surface area contributed by atoms with Crippen molar-refractivity contribution in [3.8, 4) is 0 Å². The SMILES string of the molecule is Cc1nc(C2CCN(C(=O)Cc3ccc(F)cc3)CC2)nc2c1CCC(=O)N2CC(C)C. The van der Waals surface area contributed by atoms with E-state index in [1.165, 1.54) is 12.1 Å². The third-order valence-electron chi connectivity index (χ3n) is 6.38. The van der Waals surface area contributed by atoms with Crippen molar-refractivity contribution in [3.05, 3.63) is 52.7 Å². The first kappa shape index (κ1) is 22.4. The first-order valence-electron chi connectivity index (χ1n) is 11.5. The van der Waals surface area contributed by atoms with Crippen LogP contribution in [0.2, 0.25) is 0 Å². The number of aryl methyl sites for hydroxylation is 1. The molecule has 0 atom stereocenters. The van der Waals surface area contributed by atoms with Gasteiger partial charge in [0.05, 0.1) is 6.42 Å². The summed E-state index contributed by atoms with van der Waals surface area (Å²) in [5, 5.41) is 0. The van der Waals surface area contributed by atoms with Gasteiger partial charge in [0.2, 0.25) is 11.8 Å². The van der Waals surface area contributed by atoms with Gasteiger partial charge < -0.3 is 4.90 Å². The Kier molecular flexibility index (Phi) is 6.53. The minimum atomic E-state index is -0.295. The van der Waals surface area contributed by atoms with Crippen molar-refractivity contribution in [2.24, 2.45) is 5.92 Å². The fraction of sp³-hybridized carbons (Fsp3) is 0.520. The molecule has 0 N–H and O–H groups in total. The van der Waals surface area contributed by atoms with E-state index in [1.807, 2.05) is 16.7 Å². The molecule has 2 aromatic rings. The normalized spacial score (nSPS) is 17.1. The summed E-state index contributed by atoms with van der Waals surface area (Å²) in [5.74, 6) is 2.01. The van der Waals surface area contributed by atoms with Gasteiger partial charge >= 0.3 is 0 Å². The predicted molar refractivity (Wildman–Crippen MR) is 121 cm³/mol. The smallest absolute Gasteiger partial charge is 0.228 e. The van der Waals surface area contributed by atoms with E-state index >= 15 is 0 Å². The number of carbonyl (C=O) groups excluding carboxylic acids is 2. The van der Waals surface area contributed by atoms with Crippen LogP contribution in [0, 0.1) is 18.7 Å². The Morgan fingerprint density at radius 2 is 1.81 bits per heavy atom. The molecule has 0 saturated carbocycles. The zero-order valence-electron chi connectivity index (χ0n) is 19.1. The van der Waals surface area contributed by atoms with E-state index in [9.17, 15) is 14.0 Å². The van der Waals surface area contributed by atoms with Crippen LogP contribution in [0.5, 0.6) is 0 Å². The number of likely N-dealkylation sites (tertiary alicyclic amines) is 1. The monoisotopic (exact) mass is 438 g/mol. The van der Waals surface area contributed by atoms with E-state index < -0.39 is 0 Å². The van der Waals surface area contributed by atoms with E-state index in [4.69, 9.17) is 9.97 Å². The van der Waals surface area contributed by atoms with Crippen molar-refractivity contribution in [2.45, 2.75) is 58.8 Å². The molecular weight excluding hydrogens is 407 g/mol. The molecule has 4 rings (SSSR count). The number of halogens is 1. The molecule has 0 aliphatic carbocycles. The molecule has 0 radical (unpaired) electrons. The molecule has 2 aliphatic heterocycles. The first-order valence-corrected chi connectivity index (χ1v) is 11.5. The number of amides is 2. The molecular formula is C25H31FN4O2. The highest BCUT2D eigenvalue weighted by molar-refractivity contribution is 5.95. The van der Waals surface area contributed by atoms with Gasteiger partial charge in [-0.05, 0) is 49.8 Å². The number of carbonyl (C=O) groups is 2. The number of anilines is 1. The second-order valence-corrected chi connectivity index (χ2v) is 9.33. The highest BCUT2D eigenvalue weighted by atomic mass is 19.1. The molecule has 6 nitrogen and oxygen atoms in total. The number of hydrogen-bond acceptors (Lipinski definition) is 4. The summed E-state index contributed by atoms with van der Waals surface area (Å²) in [4.78, 5) is 38.7. The van der Waals surface area contributed by atoms with Crippen molar-refractivity contribution in [3.63, 3.8) is 0 Å². The Labute approximate surface area is 188 Å². The molecule has 2 amide bonds. The van der Waals surface area contributed by atoms with Gasteiger partial charge in [-0.2, -0.15) is 0 Å². The number of benzene rings is 1. The van der Waals surface area contributed by atoms with Crippen molar-refractivity contribution in [2.75, 3.05) is 24.5 Å². The zero-order valence-corrected chi connectivity index (χ0v) is 19.1. The minimum absolute atomic E-state index is 0.0614. The van der Waals surface area contributed by atoms with Gasteiger partial charge in [-0.3, -0.25) is 14.5 Å². The first-order chi connectivity index (χ1) is 15.3. The molecule has 1 fully saturated rings. The molecule has 1 saturated heterocycles. The maximum atomic E-state index is 13.1. The summed E-state index contributed by atoms with van der Waals surface area (Å²) in [6.45, 7) is 8.19. The molecule has 1 aromatic carbocycles. The Bertz CT molecular complexity index is 998. The summed E-state index contributed by atoms with van der Waals surface area (Å²) in [6, 6.07) is 6.09. The van der Waals surface area contributed by atoms with E-state index in [0.29, 0.717) is 38.4 Å². The second-order valence-electron chi connectivity index (χ2n) is 9.33. The highest BCUT2D eigenvalue weighted by Crippen LogP contribution is 2.33. The number of hydrogen-bond donors (Lipinski definition) is 0. The van der Waals surface area contributed by atoms with Crippen LogP contribution in [-0.4, -0.2) is 46.3 Å². The predicted octanol–water partition coefficient (Wildman–Crippen LogP) is 3.81. The van der Waals surface area contributed by atoms with Crippen LogP contribution in [0.15, 0.2) is 24.3 Å². The topological polar surface area (TPSA) is 66.4 Å². The Balaban J connectivity index is 1.45. The molecule has 32 heavy (non-hydrogen) atoms. The molecule has 7 heteroatoms. The largest absolute Gasteiger partial charge is 0.342 e. The third kappa shape index (κ3) is 4.81. The van der Waals surface area contributed by atoms with Crippen LogP contribution >= 0.6 is 0 Å². The summed E-state index contributed by atoms with van der Waals surface area (Å²) in [7, 11) is 0. The zero-order chi connectivity index (χ0) is 22.8. The fourth-order valence-electron chi connectivity index (χ4n) is 4.61. The lowest BCUT2D eigenvalue weighted by molar-refractivity contribution is -0.131. The van der Waals surface area contributed by atoms with Crippen LogP contribution in [0.25, 0.3) is 0 Å². The lowest BCUT2D eigenvalue weighted by Crippen LogP contribution is -2.40. The molecule has 170 valence electrons. The molecule has 3 heterocycles. The molecule has 0 spiro atoms. The van der Waals surface area contributed by atoms with E-state index in [2.05, 4.69) is 13.8 Å². The summed E-state index contributed by atoms with van der Waals surface area (Å²) >= 11 is 0. The standard InChI is InChI=1S/C25H31FN4O2/c1-16(2)15-30-22(31)9-8-21-17(3)27-24(28-25(21)30)19-10-12-29(13-11-19)23(32)14-18-4-6-20(26)7-5-18/h4-7,16,19H,8-15H2,1-3H3. The van der Waals surface area contributed by atoms with Crippen molar-refractivity contribution >= 4 is 17.6 Å². The average molecular weight is 439 g/mol. The Morgan fingerprint density at radius 1 is 1.12 bits per heavy atom. The van der Waals surface area contributed by atoms with Crippen LogP contribution in [0.4, 0.5) is 10.2 Å². The van der Waals surface area contributed by atoms with E-state index in [0.717, 1.165) is 41.3 Å². The lowest BCUT2D eigenvalue weighted by atomic mass is 9.94. The van der Waals surface area contributed by atoms with Gasteiger partial charge in [0.1, 0.15) is 17.5 Å². The summed E-state index contributed by atoms with van der Waals surface area (Å²) < 4.78 is 13.1. The number of fused-ring (bicyclic) bond motifs is 1. The van der Waals surface area contributed by atoms with Crippen LogP contribution in [0.3, 0.4) is 0 Å².